The van der Waals surface area contributed by atoms with Crippen LogP contribution in [0.15, 0.2) is 24.3 Å². The van der Waals surface area contributed by atoms with Gasteiger partial charge < -0.3 is 9.64 Å². The summed E-state index contributed by atoms with van der Waals surface area (Å²) < 4.78 is 6.39. The highest BCUT2D eigenvalue weighted by molar-refractivity contribution is 5.76. The molecule has 0 bridgehead atoms. The van der Waals surface area contributed by atoms with E-state index in [0.717, 1.165) is 63.3 Å². The highest BCUT2D eigenvalue weighted by Crippen LogP contribution is 2.39. The van der Waals surface area contributed by atoms with Crippen molar-refractivity contribution in [1.82, 2.24) is 4.90 Å². The number of carbonyl (C=O) groups is 1. The van der Waals surface area contributed by atoms with Crippen LogP contribution in [-0.4, -0.2) is 29.5 Å². The number of piperidine rings is 1. The largest absolute Gasteiger partial charge is 0.487 e. The minimum atomic E-state index is -0.0312. The predicted octanol–water partition coefficient (Wildman–Crippen LogP) is 4.34. The number of rotatable bonds is 3. The Morgan fingerprint density at radius 3 is 2.67 bits per heavy atom. The molecule has 1 aliphatic carbocycles. The summed E-state index contributed by atoms with van der Waals surface area (Å²) in [5.74, 6) is 2.24. The molecule has 0 unspecified atom stereocenters. The summed E-state index contributed by atoms with van der Waals surface area (Å²) in [6.07, 6.45) is 11.4. The van der Waals surface area contributed by atoms with Crippen LogP contribution < -0.4 is 4.74 Å². The molecule has 4 rings (SSSR count). The monoisotopic (exact) mass is 327 g/mol. The number of benzene rings is 1. The molecule has 1 spiro atoms. The molecule has 24 heavy (non-hydrogen) atoms. The van der Waals surface area contributed by atoms with Gasteiger partial charge in [-0.2, -0.15) is 0 Å². The Morgan fingerprint density at radius 1 is 1.12 bits per heavy atom. The van der Waals surface area contributed by atoms with E-state index < -0.39 is 0 Å². The molecule has 3 nitrogen and oxygen atoms in total. The SMILES string of the molecule is O=C(CCC1CCCC1)N1CCC2(CCc3ccccc3O2)CC1. The van der Waals surface area contributed by atoms with E-state index in [1.807, 2.05) is 0 Å². The average Bonchev–Trinajstić information content (AvgIpc) is 3.14. The molecule has 2 heterocycles. The maximum Gasteiger partial charge on any atom is 0.222 e. The van der Waals surface area contributed by atoms with Crippen molar-refractivity contribution in [3.63, 3.8) is 0 Å². The van der Waals surface area contributed by atoms with Crippen LogP contribution in [0.2, 0.25) is 0 Å². The van der Waals surface area contributed by atoms with Crippen molar-refractivity contribution < 1.29 is 9.53 Å². The highest BCUT2D eigenvalue weighted by Gasteiger charge is 2.40. The van der Waals surface area contributed by atoms with Gasteiger partial charge in [-0.05, 0) is 36.8 Å². The molecular formula is C21H29NO2. The van der Waals surface area contributed by atoms with Crippen molar-refractivity contribution in [2.75, 3.05) is 13.1 Å². The van der Waals surface area contributed by atoms with Crippen LogP contribution >= 0.6 is 0 Å². The van der Waals surface area contributed by atoms with Crippen LogP contribution in [0.5, 0.6) is 5.75 Å². The second-order valence-electron chi connectivity index (χ2n) is 7.96. The van der Waals surface area contributed by atoms with Gasteiger partial charge in [-0.3, -0.25) is 4.79 Å². The first-order valence-electron chi connectivity index (χ1n) is 9.79. The fourth-order valence-corrected chi connectivity index (χ4v) is 4.76. The zero-order valence-corrected chi connectivity index (χ0v) is 14.6. The minimum absolute atomic E-state index is 0.0312. The maximum atomic E-state index is 12.5. The summed E-state index contributed by atoms with van der Waals surface area (Å²) in [6, 6.07) is 8.41. The zero-order valence-electron chi connectivity index (χ0n) is 14.6. The van der Waals surface area contributed by atoms with Crippen LogP contribution in [0.3, 0.4) is 0 Å². The van der Waals surface area contributed by atoms with E-state index >= 15 is 0 Å². The van der Waals surface area contributed by atoms with Gasteiger partial charge in [0.15, 0.2) is 0 Å². The Morgan fingerprint density at radius 2 is 1.88 bits per heavy atom. The second kappa shape index (κ2) is 6.78. The summed E-state index contributed by atoms with van der Waals surface area (Å²) in [5.41, 5.74) is 1.30. The van der Waals surface area contributed by atoms with Crippen LogP contribution in [0.25, 0.3) is 0 Å². The number of hydrogen-bond donors (Lipinski definition) is 0. The minimum Gasteiger partial charge on any atom is -0.487 e. The molecule has 1 aromatic carbocycles. The van der Waals surface area contributed by atoms with Gasteiger partial charge in [-0.1, -0.05) is 43.9 Å². The van der Waals surface area contributed by atoms with Gasteiger partial charge in [0.1, 0.15) is 11.4 Å². The van der Waals surface area contributed by atoms with E-state index in [0.29, 0.717) is 5.91 Å². The molecule has 0 radical (unpaired) electrons. The smallest absolute Gasteiger partial charge is 0.222 e. The molecule has 0 atom stereocenters. The number of hydrogen-bond acceptors (Lipinski definition) is 2. The lowest BCUT2D eigenvalue weighted by atomic mass is 9.83. The second-order valence-corrected chi connectivity index (χ2v) is 7.96. The lowest BCUT2D eigenvalue weighted by molar-refractivity contribution is -0.135. The van der Waals surface area contributed by atoms with E-state index in [9.17, 15) is 4.79 Å². The van der Waals surface area contributed by atoms with Gasteiger partial charge in [0, 0.05) is 32.4 Å². The van der Waals surface area contributed by atoms with Gasteiger partial charge in [0.05, 0.1) is 0 Å². The number of para-hydroxylation sites is 1. The summed E-state index contributed by atoms with van der Waals surface area (Å²) in [6.45, 7) is 1.73. The Balaban J connectivity index is 1.29. The molecule has 1 amide bonds. The van der Waals surface area contributed by atoms with E-state index in [4.69, 9.17) is 4.74 Å². The third kappa shape index (κ3) is 3.31. The molecule has 130 valence electrons. The number of likely N-dealkylation sites (tertiary alicyclic amines) is 1. The fourth-order valence-electron chi connectivity index (χ4n) is 4.76. The molecule has 0 aromatic heterocycles. The van der Waals surface area contributed by atoms with Crippen molar-refractivity contribution in [3.8, 4) is 5.75 Å². The first-order chi connectivity index (χ1) is 11.7. The molecule has 3 aliphatic rings. The number of carbonyl (C=O) groups excluding carboxylic acids is 1. The van der Waals surface area contributed by atoms with Gasteiger partial charge in [0.2, 0.25) is 5.91 Å². The fraction of sp³-hybridized carbons (Fsp3) is 0.667. The van der Waals surface area contributed by atoms with Crippen LogP contribution in [-0.2, 0) is 11.2 Å². The zero-order chi connectivity index (χ0) is 16.4. The maximum absolute atomic E-state index is 12.5. The Hall–Kier alpha value is -1.51. The lowest BCUT2D eigenvalue weighted by Crippen LogP contribution is -2.51. The first-order valence-corrected chi connectivity index (χ1v) is 9.79. The van der Waals surface area contributed by atoms with Gasteiger partial charge in [0.25, 0.3) is 0 Å². The third-order valence-electron chi connectivity index (χ3n) is 6.42. The summed E-state index contributed by atoms with van der Waals surface area (Å²) >= 11 is 0. The topological polar surface area (TPSA) is 29.5 Å². The number of nitrogens with zero attached hydrogens (tertiary/aromatic N) is 1. The Bertz CT molecular complexity index is 583. The molecule has 2 aliphatic heterocycles. The van der Waals surface area contributed by atoms with E-state index in [2.05, 4.69) is 29.2 Å². The molecule has 1 saturated heterocycles. The van der Waals surface area contributed by atoms with Crippen molar-refractivity contribution in [2.24, 2.45) is 5.92 Å². The summed E-state index contributed by atoms with van der Waals surface area (Å²) in [5, 5.41) is 0. The Labute approximate surface area is 145 Å². The predicted molar refractivity (Wildman–Crippen MR) is 95.1 cm³/mol. The standard InChI is InChI=1S/C21H29NO2/c23-20(10-9-17-5-1-2-6-17)22-15-13-21(14-16-22)12-11-18-7-3-4-8-19(18)24-21/h3-4,7-8,17H,1-2,5-6,9-16H2. The van der Waals surface area contributed by atoms with Crippen LogP contribution in [0.1, 0.15) is 63.4 Å². The average molecular weight is 327 g/mol. The van der Waals surface area contributed by atoms with Crippen molar-refractivity contribution in [2.45, 2.75) is 69.8 Å². The van der Waals surface area contributed by atoms with Crippen LogP contribution in [0.4, 0.5) is 0 Å². The molecule has 0 N–H and O–H groups in total. The normalized spacial score (nSPS) is 23.1. The van der Waals surface area contributed by atoms with Crippen molar-refractivity contribution in [1.29, 1.82) is 0 Å². The summed E-state index contributed by atoms with van der Waals surface area (Å²) in [7, 11) is 0. The molecular weight excluding hydrogens is 298 g/mol. The van der Waals surface area contributed by atoms with Gasteiger partial charge in [-0.15, -0.1) is 0 Å². The quantitative estimate of drug-likeness (QED) is 0.826. The number of amides is 1. The number of aryl methyl sites for hydroxylation is 1. The highest BCUT2D eigenvalue weighted by atomic mass is 16.5. The molecule has 2 fully saturated rings. The third-order valence-corrected chi connectivity index (χ3v) is 6.42. The Kier molecular flexibility index (Phi) is 4.51. The van der Waals surface area contributed by atoms with Crippen LogP contribution in [0, 0.1) is 5.92 Å². The molecule has 3 heteroatoms. The lowest BCUT2D eigenvalue weighted by Gasteiger charge is -2.44. The summed E-state index contributed by atoms with van der Waals surface area (Å²) in [4.78, 5) is 14.6. The molecule has 1 saturated carbocycles. The van der Waals surface area contributed by atoms with E-state index in [1.54, 1.807) is 0 Å². The first kappa shape index (κ1) is 16.0. The molecule has 1 aromatic rings. The van der Waals surface area contributed by atoms with Gasteiger partial charge in [-0.25, -0.2) is 0 Å². The van der Waals surface area contributed by atoms with E-state index in [-0.39, 0.29) is 5.60 Å². The van der Waals surface area contributed by atoms with Crippen molar-refractivity contribution >= 4 is 5.91 Å². The van der Waals surface area contributed by atoms with Gasteiger partial charge >= 0.3 is 0 Å². The van der Waals surface area contributed by atoms with E-state index in [1.165, 1.54) is 31.2 Å². The number of fused-ring (bicyclic) bond motifs is 1. The number of ether oxygens (including phenoxy) is 1. The van der Waals surface area contributed by atoms with Crippen molar-refractivity contribution in [3.05, 3.63) is 29.8 Å².